The van der Waals surface area contributed by atoms with Crippen LogP contribution in [0.2, 0.25) is 0 Å². The Kier molecular flexibility index (Phi) is 6.01. The Bertz CT molecular complexity index is 326. The van der Waals surface area contributed by atoms with Gasteiger partial charge in [-0.05, 0) is 36.6 Å². The molecule has 1 rings (SSSR count). The van der Waals surface area contributed by atoms with E-state index in [4.69, 9.17) is 4.74 Å². The summed E-state index contributed by atoms with van der Waals surface area (Å²) >= 11 is 0. The van der Waals surface area contributed by atoms with Gasteiger partial charge in [0.2, 0.25) is 0 Å². The van der Waals surface area contributed by atoms with E-state index in [-0.39, 0.29) is 0 Å². The van der Waals surface area contributed by atoms with Crippen molar-refractivity contribution in [2.45, 2.75) is 26.4 Å². The Morgan fingerprint density at radius 2 is 2.12 bits per heavy atom. The molecule has 1 aromatic rings. The third-order valence-electron chi connectivity index (χ3n) is 2.71. The molecule has 0 aliphatic heterocycles. The number of aliphatic hydroxyl groups excluding tert-OH is 1. The maximum Gasteiger partial charge on any atom is 0.119 e. The summed E-state index contributed by atoms with van der Waals surface area (Å²) in [7, 11) is 1.63. The first-order valence-corrected chi connectivity index (χ1v) is 6.16. The van der Waals surface area contributed by atoms with Crippen molar-refractivity contribution in [2.24, 2.45) is 5.92 Å². The summed E-state index contributed by atoms with van der Waals surface area (Å²) < 4.78 is 5.13. The van der Waals surface area contributed by atoms with E-state index < -0.39 is 6.10 Å². The van der Waals surface area contributed by atoms with Crippen LogP contribution in [0.3, 0.4) is 0 Å². The van der Waals surface area contributed by atoms with E-state index in [1.54, 1.807) is 7.11 Å². The number of methoxy groups -OCH3 is 1. The molecule has 0 aliphatic carbocycles. The van der Waals surface area contributed by atoms with E-state index in [0.717, 1.165) is 24.3 Å². The summed E-state index contributed by atoms with van der Waals surface area (Å²) in [5.41, 5.74) is 0.890. The first kappa shape index (κ1) is 14.0. The topological polar surface area (TPSA) is 41.5 Å². The number of hydrogen-bond acceptors (Lipinski definition) is 3. The monoisotopic (exact) mass is 237 g/mol. The summed E-state index contributed by atoms with van der Waals surface area (Å²) in [6, 6.07) is 7.56. The molecule has 3 nitrogen and oxygen atoms in total. The number of hydrogen-bond donors (Lipinski definition) is 2. The van der Waals surface area contributed by atoms with Gasteiger partial charge in [0.25, 0.3) is 0 Å². The first-order valence-electron chi connectivity index (χ1n) is 6.16. The zero-order valence-corrected chi connectivity index (χ0v) is 10.9. The predicted molar refractivity (Wildman–Crippen MR) is 70.3 cm³/mol. The highest BCUT2D eigenvalue weighted by molar-refractivity contribution is 5.29. The van der Waals surface area contributed by atoms with Gasteiger partial charge in [-0.25, -0.2) is 0 Å². The molecule has 0 aromatic heterocycles. The fourth-order valence-electron chi connectivity index (χ4n) is 1.60. The van der Waals surface area contributed by atoms with Crippen LogP contribution >= 0.6 is 0 Å². The third-order valence-corrected chi connectivity index (χ3v) is 2.71. The van der Waals surface area contributed by atoms with Gasteiger partial charge in [0.05, 0.1) is 13.2 Å². The molecule has 17 heavy (non-hydrogen) atoms. The molecule has 0 fully saturated rings. The van der Waals surface area contributed by atoms with Crippen LogP contribution in [0.15, 0.2) is 24.3 Å². The van der Waals surface area contributed by atoms with Crippen LogP contribution in [0.4, 0.5) is 0 Å². The molecule has 96 valence electrons. The van der Waals surface area contributed by atoms with E-state index >= 15 is 0 Å². The highest BCUT2D eigenvalue weighted by Crippen LogP contribution is 2.18. The van der Waals surface area contributed by atoms with Crippen molar-refractivity contribution < 1.29 is 9.84 Å². The lowest BCUT2D eigenvalue weighted by Gasteiger charge is -2.13. The molecule has 3 heteroatoms. The first-order chi connectivity index (χ1) is 8.13. The Morgan fingerprint density at radius 1 is 1.35 bits per heavy atom. The lowest BCUT2D eigenvalue weighted by atomic mass is 10.1. The van der Waals surface area contributed by atoms with Gasteiger partial charge < -0.3 is 15.2 Å². The summed E-state index contributed by atoms with van der Waals surface area (Å²) in [4.78, 5) is 0. The molecule has 1 atom stereocenters. The largest absolute Gasteiger partial charge is 0.497 e. The van der Waals surface area contributed by atoms with Crippen molar-refractivity contribution in [3.8, 4) is 5.75 Å². The fourth-order valence-corrected chi connectivity index (χ4v) is 1.60. The van der Waals surface area contributed by atoms with Gasteiger partial charge in [0.15, 0.2) is 0 Å². The lowest BCUT2D eigenvalue weighted by molar-refractivity contribution is 0.174. The molecular formula is C14H23NO2. The van der Waals surface area contributed by atoms with Gasteiger partial charge in [0.1, 0.15) is 5.75 Å². The molecule has 0 saturated carbocycles. The summed E-state index contributed by atoms with van der Waals surface area (Å²) in [6.45, 7) is 5.92. The van der Waals surface area contributed by atoms with Crippen LogP contribution in [0.5, 0.6) is 5.75 Å². The SMILES string of the molecule is COc1cccc(C(O)CNCCC(C)C)c1. The third kappa shape index (κ3) is 5.20. The molecule has 0 radical (unpaired) electrons. The second-order valence-electron chi connectivity index (χ2n) is 4.68. The van der Waals surface area contributed by atoms with Crippen LogP contribution in [-0.2, 0) is 0 Å². The number of benzene rings is 1. The zero-order chi connectivity index (χ0) is 12.7. The van der Waals surface area contributed by atoms with E-state index in [1.165, 1.54) is 0 Å². The van der Waals surface area contributed by atoms with E-state index in [2.05, 4.69) is 19.2 Å². The fraction of sp³-hybridized carbons (Fsp3) is 0.571. The van der Waals surface area contributed by atoms with Crippen molar-refractivity contribution in [1.29, 1.82) is 0 Å². The van der Waals surface area contributed by atoms with Gasteiger partial charge in [-0.3, -0.25) is 0 Å². The molecule has 0 heterocycles. The zero-order valence-electron chi connectivity index (χ0n) is 10.9. The molecule has 0 saturated heterocycles. The van der Waals surface area contributed by atoms with Crippen LogP contribution < -0.4 is 10.1 Å². The quantitative estimate of drug-likeness (QED) is 0.715. The van der Waals surface area contributed by atoms with E-state index in [9.17, 15) is 5.11 Å². The standard InChI is InChI=1S/C14H23NO2/c1-11(2)7-8-15-10-14(16)12-5-4-6-13(9-12)17-3/h4-6,9,11,14-16H,7-8,10H2,1-3H3. The maximum atomic E-state index is 9.99. The van der Waals surface area contributed by atoms with Crippen molar-refractivity contribution >= 4 is 0 Å². The Balaban J connectivity index is 2.38. The predicted octanol–water partition coefficient (Wildman–Crippen LogP) is 2.36. The summed E-state index contributed by atoms with van der Waals surface area (Å²) in [5, 5.41) is 13.2. The molecule has 0 spiro atoms. The van der Waals surface area contributed by atoms with Crippen LogP contribution in [0.1, 0.15) is 31.9 Å². The highest BCUT2D eigenvalue weighted by Gasteiger charge is 2.07. The average Bonchev–Trinajstić information content (AvgIpc) is 2.34. The number of nitrogens with one attached hydrogen (secondary N) is 1. The van der Waals surface area contributed by atoms with Crippen molar-refractivity contribution in [2.75, 3.05) is 20.2 Å². The lowest BCUT2D eigenvalue weighted by Crippen LogP contribution is -2.23. The van der Waals surface area contributed by atoms with Gasteiger partial charge in [-0.15, -0.1) is 0 Å². The smallest absolute Gasteiger partial charge is 0.119 e. The second kappa shape index (κ2) is 7.30. The minimum atomic E-state index is -0.475. The second-order valence-corrected chi connectivity index (χ2v) is 4.68. The van der Waals surface area contributed by atoms with Gasteiger partial charge in [-0.2, -0.15) is 0 Å². The minimum absolute atomic E-state index is 0.475. The van der Waals surface area contributed by atoms with Crippen molar-refractivity contribution in [3.63, 3.8) is 0 Å². The Hall–Kier alpha value is -1.06. The average molecular weight is 237 g/mol. The molecule has 1 aromatic carbocycles. The van der Waals surface area contributed by atoms with Crippen LogP contribution in [0.25, 0.3) is 0 Å². The molecule has 0 amide bonds. The molecule has 1 unspecified atom stereocenters. The summed E-state index contributed by atoms with van der Waals surface area (Å²) in [5.74, 6) is 1.47. The van der Waals surface area contributed by atoms with Crippen molar-refractivity contribution in [3.05, 3.63) is 29.8 Å². The number of aliphatic hydroxyl groups is 1. The van der Waals surface area contributed by atoms with Crippen molar-refractivity contribution in [1.82, 2.24) is 5.32 Å². The number of rotatable bonds is 7. The van der Waals surface area contributed by atoms with Gasteiger partial charge in [-0.1, -0.05) is 26.0 Å². The van der Waals surface area contributed by atoms with Gasteiger partial charge >= 0.3 is 0 Å². The van der Waals surface area contributed by atoms with Gasteiger partial charge in [0, 0.05) is 6.54 Å². The number of ether oxygens (including phenoxy) is 1. The normalized spacial score (nSPS) is 12.8. The maximum absolute atomic E-state index is 9.99. The van der Waals surface area contributed by atoms with Crippen LogP contribution in [-0.4, -0.2) is 25.3 Å². The van der Waals surface area contributed by atoms with E-state index in [0.29, 0.717) is 12.5 Å². The van der Waals surface area contributed by atoms with E-state index in [1.807, 2.05) is 24.3 Å². The summed E-state index contributed by atoms with van der Waals surface area (Å²) in [6.07, 6.45) is 0.655. The molecule has 0 bridgehead atoms. The molecule has 0 aliphatic rings. The molecular weight excluding hydrogens is 214 g/mol. The Morgan fingerprint density at radius 3 is 2.76 bits per heavy atom. The Labute approximate surface area is 104 Å². The minimum Gasteiger partial charge on any atom is -0.497 e. The van der Waals surface area contributed by atoms with Crippen LogP contribution in [0, 0.1) is 5.92 Å². The molecule has 2 N–H and O–H groups in total. The highest BCUT2D eigenvalue weighted by atomic mass is 16.5.